The van der Waals surface area contributed by atoms with Crippen molar-refractivity contribution in [2.24, 2.45) is 5.92 Å². The predicted molar refractivity (Wildman–Crippen MR) is 79.4 cm³/mol. The molecule has 0 amide bonds. The molecular formula is C17H21FN2O2. The normalized spacial score (nSPS) is 25.0. The first kappa shape index (κ1) is 15.4. The lowest BCUT2D eigenvalue weighted by molar-refractivity contribution is -0.192. The second-order valence-electron chi connectivity index (χ2n) is 6.21. The van der Waals surface area contributed by atoms with Crippen LogP contribution in [0.2, 0.25) is 0 Å². The molecule has 22 heavy (non-hydrogen) atoms. The molecule has 2 saturated heterocycles. The van der Waals surface area contributed by atoms with Crippen LogP contribution in [0.5, 0.6) is 0 Å². The topological polar surface area (TPSA) is 45.5 Å². The Kier molecular flexibility index (Phi) is 4.44. The van der Waals surface area contributed by atoms with Gasteiger partial charge in [0.05, 0.1) is 18.8 Å². The van der Waals surface area contributed by atoms with Crippen LogP contribution in [-0.4, -0.2) is 37.0 Å². The second kappa shape index (κ2) is 6.33. The van der Waals surface area contributed by atoms with Crippen LogP contribution in [-0.2, 0) is 16.0 Å². The van der Waals surface area contributed by atoms with Crippen molar-refractivity contribution in [3.05, 3.63) is 35.1 Å². The highest BCUT2D eigenvalue weighted by Crippen LogP contribution is 2.34. The van der Waals surface area contributed by atoms with Gasteiger partial charge in [0.1, 0.15) is 11.9 Å². The Morgan fingerprint density at radius 3 is 2.91 bits per heavy atom. The van der Waals surface area contributed by atoms with E-state index >= 15 is 0 Å². The zero-order chi connectivity index (χ0) is 15.6. The maximum atomic E-state index is 13.4. The van der Waals surface area contributed by atoms with Gasteiger partial charge in [-0.3, -0.25) is 4.90 Å². The third kappa shape index (κ3) is 3.14. The zero-order valence-electron chi connectivity index (χ0n) is 12.8. The number of likely N-dealkylation sites (tertiary alicyclic amines) is 1. The molecule has 1 aromatic rings. The van der Waals surface area contributed by atoms with Crippen molar-refractivity contribution in [3.63, 3.8) is 0 Å². The van der Waals surface area contributed by atoms with Gasteiger partial charge in [-0.05, 0) is 44.0 Å². The monoisotopic (exact) mass is 304 g/mol. The maximum Gasteiger partial charge on any atom is 0.169 e. The molecule has 5 heteroatoms. The molecule has 0 aliphatic carbocycles. The predicted octanol–water partition coefficient (Wildman–Crippen LogP) is 2.67. The summed E-state index contributed by atoms with van der Waals surface area (Å²) in [7, 11) is 0. The number of halogens is 1. The summed E-state index contributed by atoms with van der Waals surface area (Å²) in [6.07, 6.45) is 2.19. The molecule has 0 radical (unpaired) electrons. The van der Waals surface area contributed by atoms with E-state index in [1.165, 1.54) is 6.07 Å². The molecule has 2 fully saturated rings. The van der Waals surface area contributed by atoms with Crippen LogP contribution in [0.1, 0.15) is 30.9 Å². The molecule has 2 aliphatic heterocycles. The maximum absolute atomic E-state index is 13.4. The Balaban J connectivity index is 1.67. The van der Waals surface area contributed by atoms with Gasteiger partial charge >= 0.3 is 0 Å². The van der Waals surface area contributed by atoms with E-state index < -0.39 is 11.6 Å². The standard InChI is InChI=1S/C17H21FN2O2/c1-17(21-7-8-22-17)15-3-2-6-20(12-15)11-13-4-5-16(18)14(9-13)10-19/h4-5,9,15H,2-3,6-8,11-12H2,1H3. The minimum atomic E-state index is -0.473. The SMILES string of the molecule is CC1(C2CCCN(Cc3ccc(F)c(C#N)c3)C2)OCCO1. The molecule has 1 unspecified atom stereocenters. The first-order valence-electron chi connectivity index (χ1n) is 7.79. The van der Waals surface area contributed by atoms with Gasteiger partial charge in [0.2, 0.25) is 0 Å². The Labute approximate surface area is 130 Å². The van der Waals surface area contributed by atoms with Crippen LogP contribution in [0.3, 0.4) is 0 Å². The average Bonchev–Trinajstić information content (AvgIpc) is 2.98. The summed E-state index contributed by atoms with van der Waals surface area (Å²) in [5, 5.41) is 8.93. The fourth-order valence-electron chi connectivity index (χ4n) is 3.41. The first-order valence-corrected chi connectivity index (χ1v) is 7.79. The van der Waals surface area contributed by atoms with Crippen molar-refractivity contribution in [1.82, 2.24) is 4.90 Å². The van der Waals surface area contributed by atoms with Crippen LogP contribution >= 0.6 is 0 Å². The van der Waals surface area contributed by atoms with Crippen molar-refractivity contribution >= 4 is 0 Å². The summed E-state index contributed by atoms with van der Waals surface area (Å²) in [6, 6.07) is 6.67. The number of hydrogen-bond donors (Lipinski definition) is 0. The van der Waals surface area contributed by atoms with Crippen molar-refractivity contribution < 1.29 is 13.9 Å². The molecule has 0 aromatic heterocycles. The van der Waals surface area contributed by atoms with E-state index in [2.05, 4.69) is 4.90 Å². The number of ether oxygens (including phenoxy) is 2. The fourth-order valence-corrected chi connectivity index (χ4v) is 3.41. The van der Waals surface area contributed by atoms with Gasteiger partial charge in [0.15, 0.2) is 5.79 Å². The summed E-state index contributed by atoms with van der Waals surface area (Å²) in [5.41, 5.74) is 1.08. The molecule has 118 valence electrons. The third-order valence-corrected chi connectivity index (χ3v) is 4.67. The van der Waals surface area contributed by atoms with Crippen molar-refractivity contribution in [2.75, 3.05) is 26.3 Å². The van der Waals surface area contributed by atoms with Gasteiger partial charge in [-0.15, -0.1) is 0 Å². The highest BCUT2D eigenvalue weighted by molar-refractivity contribution is 5.34. The van der Waals surface area contributed by atoms with Gasteiger partial charge in [-0.1, -0.05) is 6.07 Å². The molecule has 0 N–H and O–H groups in total. The molecule has 2 heterocycles. The number of hydrogen-bond acceptors (Lipinski definition) is 4. The molecule has 4 nitrogen and oxygen atoms in total. The molecule has 2 aliphatic rings. The van der Waals surface area contributed by atoms with Crippen molar-refractivity contribution in [3.8, 4) is 6.07 Å². The third-order valence-electron chi connectivity index (χ3n) is 4.67. The molecular weight excluding hydrogens is 283 g/mol. The van der Waals surface area contributed by atoms with Gasteiger partial charge in [0, 0.05) is 19.0 Å². The number of nitrogens with zero attached hydrogens (tertiary/aromatic N) is 2. The van der Waals surface area contributed by atoms with Gasteiger partial charge < -0.3 is 9.47 Å². The minimum Gasteiger partial charge on any atom is -0.347 e. The molecule has 1 atom stereocenters. The van der Waals surface area contributed by atoms with E-state index in [0.29, 0.717) is 19.1 Å². The lowest BCUT2D eigenvalue weighted by Crippen LogP contribution is -2.46. The molecule has 1 aromatic carbocycles. The smallest absolute Gasteiger partial charge is 0.169 e. The van der Waals surface area contributed by atoms with E-state index in [0.717, 1.165) is 38.0 Å². The van der Waals surface area contributed by atoms with Gasteiger partial charge in [-0.25, -0.2) is 4.39 Å². The number of rotatable bonds is 3. The quantitative estimate of drug-likeness (QED) is 0.861. The number of benzene rings is 1. The highest BCUT2D eigenvalue weighted by Gasteiger charge is 2.41. The van der Waals surface area contributed by atoms with Crippen LogP contribution in [0.15, 0.2) is 18.2 Å². The molecule has 0 bridgehead atoms. The first-order chi connectivity index (χ1) is 10.6. The zero-order valence-corrected chi connectivity index (χ0v) is 12.8. The number of piperidine rings is 1. The fraction of sp³-hybridized carbons (Fsp3) is 0.588. The second-order valence-corrected chi connectivity index (χ2v) is 6.21. The van der Waals surface area contributed by atoms with E-state index in [1.54, 1.807) is 12.1 Å². The van der Waals surface area contributed by atoms with Crippen LogP contribution < -0.4 is 0 Å². The lowest BCUT2D eigenvalue weighted by atomic mass is 9.90. The van der Waals surface area contributed by atoms with Gasteiger partial charge in [0.25, 0.3) is 0 Å². The Bertz CT molecular complexity index is 579. The van der Waals surface area contributed by atoms with E-state index in [9.17, 15) is 4.39 Å². The Hall–Kier alpha value is -1.48. The van der Waals surface area contributed by atoms with Crippen LogP contribution in [0.4, 0.5) is 4.39 Å². The summed E-state index contributed by atoms with van der Waals surface area (Å²) in [5.74, 6) is -0.582. The van der Waals surface area contributed by atoms with E-state index in [1.807, 2.05) is 13.0 Å². The van der Waals surface area contributed by atoms with Gasteiger partial charge in [-0.2, -0.15) is 5.26 Å². The van der Waals surface area contributed by atoms with Crippen molar-refractivity contribution in [2.45, 2.75) is 32.1 Å². The summed E-state index contributed by atoms with van der Waals surface area (Å²) >= 11 is 0. The Morgan fingerprint density at radius 1 is 1.41 bits per heavy atom. The number of nitriles is 1. The molecule has 3 rings (SSSR count). The van der Waals surface area contributed by atoms with Crippen LogP contribution in [0.25, 0.3) is 0 Å². The average molecular weight is 304 g/mol. The minimum absolute atomic E-state index is 0.112. The lowest BCUT2D eigenvalue weighted by Gasteiger charge is -2.40. The highest BCUT2D eigenvalue weighted by atomic mass is 19.1. The summed E-state index contributed by atoms with van der Waals surface area (Å²) < 4.78 is 25.0. The van der Waals surface area contributed by atoms with Crippen LogP contribution in [0, 0.1) is 23.1 Å². The van der Waals surface area contributed by atoms with Crippen molar-refractivity contribution in [1.29, 1.82) is 5.26 Å². The van der Waals surface area contributed by atoms with E-state index in [4.69, 9.17) is 14.7 Å². The summed E-state index contributed by atoms with van der Waals surface area (Å²) in [4.78, 5) is 2.33. The van der Waals surface area contributed by atoms with E-state index in [-0.39, 0.29) is 5.56 Å². The summed E-state index contributed by atoms with van der Waals surface area (Å²) in [6.45, 7) is 5.98. The largest absolute Gasteiger partial charge is 0.347 e. The molecule has 0 saturated carbocycles. The Morgan fingerprint density at radius 2 is 2.18 bits per heavy atom. The molecule has 0 spiro atoms.